The Balaban J connectivity index is 1.70. The van der Waals surface area contributed by atoms with Gasteiger partial charge >= 0.3 is 0 Å². The van der Waals surface area contributed by atoms with Gasteiger partial charge in [-0.1, -0.05) is 13.3 Å². The van der Waals surface area contributed by atoms with Gasteiger partial charge in [-0.2, -0.15) is 0 Å². The Morgan fingerprint density at radius 3 is 3.10 bits per heavy atom. The fourth-order valence-electron chi connectivity index (χ4n) is 3.72. The SMILES string of the molecule is CCCn1cc(NC(=O)C2NCC3CCCC32)ccc1=O. The lowest BCUT2D eigenvalue weighted by molar-refractivity contribution is -0.118. The first-order valence-electron chi connectivity index (χ1n) is 7.94. The summed E-state index contributed by atoms with van der Waals surface area (Å²) >= 11 is 0. The van der Waals surface area contributed by atoms with Crippen LogP contribution in [-0.2, 0) is 11.3 Å². The molecule has 1 saturated heterocycles. The Bertz CT molecular complexity index is 581. The van der Waals surface area contributed by atoms with Crippen molar-refractivity contribution in [2.24, 2.45) is 11.8 Å². The van der Waals surface area contributed by atoms with E-state index in [4.69, 9.17) is 0 Å². The second-order valence-electron chi connectivity index (χ2n) is 6.18. The number of hydrogen-bond acceptors (Lipinski definition) is 3. The van der Waals surface area contributed by atoms with Crippen molar-refractivity contribution in [1.29, 1.82) is 0 Å². The summed E-state index contributed by atoms with van der Waals surface area (Å²) in [5.41, 5.74) is 0.681. The van der Waals surface area contributed by atoms with Gasteiger partial charge in [-0.15, -0.1) is 0 Å². The highest BCUT2D eigenvalue weighted by molar-refractivity contribution is 5.95. The molecule has 5 heteroatoms. The average Bonchev–Trinajstić information content (AvgIpc) is 3.05. The third-order valence-electron chi connectivity index (χ3n) is 4.74. The number of carbonyl (C=O) groups is 1. The predicted octanol–water partition coefficient (Wildman–Crippen LogP) is 1.58. The van der Waals surface area contributed by atoms with Gasteiger partial charge in [0, 0.05) is 18.8 Å². The standard InChI is InChI=1S/C16H23N3O2/c1-2-8-19-10-12(6-7-14(19)20)18-16(21)15-13-5-3-4-11(13)9-17-15/h6-7,10-11,13,15,17H,2-5,8-9H2,1H3,(H,18,21). The Kier molecular flexibility index (Phi) is 4.10. The Hall–Kier alpha value is -1.62. The number of aryl methyl sites for hydroxylation is 1. The summed E-state index contributed by atoms with van der Waals surface area (Å²) in [6, 6.07) is 3.13. The van der Waals surface area contributed by atoms with Crippen molar-refractivity contribution in [3.8, 4) is 0 Å². The zero-order valence-corrected chi connectivity index (χ0v) is 12.5. The zero-order valence-electron chi connectivity index (χ0n) is 12.5. The molecule has 3 atom stereocenters. The normalized spacial score (nSPS) is 27.6. The molecule has 114 valence electrons. The molecule has 2 heterocycles. The molecule has 1 aliphatic carbocycles. The molecule has 2 aliphatic rings. The van der Waals surface area contributed by atoms with Gasteiger partial charge in [-0.25, -0.2) is 0 Å². The minimum absolute atomic E-state index is 0.0234. The Morgan fingerprint density at radius 1 is 1.43 bits per heavy atom. The smallest absolute Gasteiger partial charge is 0.250 e. The minimum Gasteiger partial charge on any atom is -0.323 e. The maximum atomic E-state index is 12.5. The molecule has 0 aromatic carbocycles. The van der Waals surface area contributed by atoms with Crippen molar-refractivity contribution >= 4 is 11.6 Å². The molecule has 1 aromatic rings. The number of nitrogens with one attached hydrogen (secondary N) is 2. The summed E-state index contributed by atoms with van der Waals surface area (Å²) in [5, 5.41) is 6.31. The van der Waals surface area contributed by atoms with Crippen LogP contribution in [0.2, 0.25) is 0 Å². The molecule has 0 bridgehead atoms. The molecule has 1 saturated carbocycles. The quantitative estimate of drug-likeness (QED) is 0.884. The number of amides is 1. The van der Waals surface area contributed by atoms with E-state index in [0.717, 1.165) is 19.4 Å². The number of rotatable bonds is 4. The summed E-state index contributed by atoms with van der Waals surface area (Å²) in [6.07, 6.45) is 6.26. The van der Waals surface area contributed by atoms with Gasteiger partial charge in [-0.3, -0.25) is 9.59 Å². The number of carbonyl (C=O) groups excluding carboxylic acids is 1. The van der Waals surface area contributed by atoms with Gasteiger partial charge in [-0.05, 0) is 43.7 Å². The van der Waals surface area contributed by atoms with E-state index in [9.17, 15) is 9.59 Å². The van der Waals surface area contributed by atoms with Gasteiger partial charge < -0.3 is 15.2 Å². The van der Waals surface area contributed by atoms with Crippen LogP contribution < -0.4 is 16.2 Å². The summed E-state index contributed by atoms with van der Waals surface area (Å²) in [7, 11) is 0. The largest absolute Gasteiger partial charge is 0.323 e. The number of pyridine rings is 1. The van der Waals surface area contributed by atoms with E-state index in [1.807, 2.05) is 6.92 Å². The lowest BCUT2D eigenvalue weighted by Gasteiger charge is -2.18. The maximum Gasteiger partial charge on any atom is 0.250 e. The van der Waals surface area contributed by atoms with Gasteiger partial charge in [0.1, 0.15) is 0 Å². The molecule has 2 N–H and O–H groups in total. The van der Waals surface area contributed by atoms with Gasteiger partial charge in [0.05, 0.1) is 11.7 Å². The third-order valence-corrected chi connectivity index (χ3v) is 4.74. The topological polar surface area (TPSA) is 63.1 Å². The molecule has 2 fully saturated rings. The summed E-state index contributed by atoms with van der Waals surface area (Å²) in [6.45, 7) is 3.66. The maximum absolute atomic E-state index is 12.5. The van der Waals surface area contributed by atoms with Crippen LogP contribution >= 0.6 is 0 Å². The van der Waals surface area contributed by atoms with Crippen LogP contribution in [0.1, 0.15) is 32.6 Å². The zero-order chi connectivity index (χ0) is 14.8. The lowest BCUT2D eigenvalue weighted by atomic mass is 9.93. The highest BCUT2D eigenvalue weighted by atomic mass is 16.2. The van der Waals surface area contributed by atoms with Crippen molar-refractivity contribution in [1.82, 2.24) is 9.88 Å². The monoisotopic (exact) mass is 289 g/mol. The number of aromatic nitrogens is 1. The van der Waals surface area contributed by atoms with E-state index in [0.29, 0.717) is 24.1 Å². The number of hydrogen-bond donors (Lipinski definition) is 2. The van der Waals surface area contributed by atoms with Crippen molar-refractivity contribution < 1.29 is 4.79 Å². The number of nitrogens with zero attached hydrogens (tertiary/aromatic N) is 1. The van der Waals surface area contributed by atoms with Crippen molar-refractivity contribution in [3.63, 3.8) is 0 Å². The van der Waals surface area contributed by atoms with Crippen LogP contribution in [-0.4, -0.2) is 23.1 Å². The van der Waals surface area contributed by atoms with Crippen LogP contribution in [0.4, 0.5) is 5.69 Å². The van der Waals surface area contributed by atoms with Crippen LogP contribution in [0.5, 0.6) is 0 Å². The Labute approximate surface area is 124 Å². The molecule has 1 aliphatic heterocycles. The summed E-state index contributed by atoms with van der Waals surface area (Å²) < 4.78 is 1.65. The minimum atomic E-state index is -0.0796. The van der Waals surface area contributed by atoms with Crippen LogP contribution in [0.3, 0.4) is 0 Å². The van der Waals surface area contributed by atoms with Gasteiger partial charge in [0.2, 0.25) is 5.91 Å². The molecule has 1 aromatic heterocycles. The molecular formula is C16H23N3O2. The molecule has 3 rings (SSSR count). The van der Waals surface area contributed by atoms with E-state index in [1.54, 1.807) is 16.8 Å². The molecule has 1 amide bonds. The fourth-order valence-corrected chi connectivity index (χ4v) is 3.72. The second-order valence-corrected chi connectivity index (χ2v) is 6.18. The first kappa shape index (κ1) is 14.3. The molecule has 21 heavy (non-hydrogen) atoms. The van der Waals surface area contributed by atoms with Crippen molar-refractivity contribution in [3.05, 3.63) is 28.7 Å². The lowest BCUT2D eigenvalue weighted by Crippen LogP contribution is -2.40. The highest BCUT2D eigenvalue weighted by Crippen LogP contribution is 2.37. The van der Waals surface area contributed by atoms with Crippen LogP contribution in [0, 0.1) is 11.8 Å². The predicted molar refractivity (Wildman–Crippen MR) is 82.2 cm³/mol. The summed E-state index contributed by atoms with van der Waals surface area (Å²) in [5.74, 6) is 1.17. The molecule has 3 unspecified atom stereocenters. The number of anilines is 1. The van der Waals surface area contributed by atoms with E-state index >= 15 is 0 Å². The molecule has 0 spiro atoms. The van der Waals surface area contributed by atoms with Crippen molar-refractivity contribution in [2.45, 2.75) is 45.2 Å². The van der Waals surface area contributed by atoms with E-state index in [-0.39, 0.29) is 17.5 Å². The van der Waals surface area contributed by atoms with Gasteiger partial charge in [0.25, 0.3) is 5.56 Å². The first-order chi connectivity index (χ1) is 10.2. The first-order valence-corrected chi connectivity index (χ1v) is 7.94. The average molecular weight is 289 g/mol. The third kappa shape index (κ3) is 2.88. The van der Waals surface area contributed by atoms with E-state index in [2.05, 4.69) is 10.6 Å². The fraction of sp³-hybridized carbons (Fsp3) is 0.625. The van der Waals surface area contributed by atoms with E-state index in [1.165, 1.54) is 18.9 Å². The van der Waals surface area contributed by atoms with Gasteiger partial charge in [0.15, 0.2) is 0 Å². The van der Waals surface area contributed by atoms with Crippen LogP contribution in [0.25, 0.3) is 0 Å². The van der Waals surface area contributed by atoms with E-state index < -0.39 is 0 Å². The molecular weight excluding hydrogens is 266 g/mol. The number of fused-ring (bicyclic) bond motifs is 1. The Morgan fingerprint density at radius 2 is 2.29 bits per heavy atom. The van der Waals surface area contributed by atoms with Crippen LogP contribution in [0.15, 0.2) is 23.1 Å². The van der Waals surface area contributed by atoms with Crippen molar-refractivity contribution in [2.75, 3.05) is 11.9 Å². The second kappa shape index (κ2) is 6.02. The summed E-state index contributed by atoms with van der Waals surface area (Å²) in [4.78, 5) is 24.1. The highest BCUT2D eigenvalue weighted by Gasteiger charge is 2.42. The molecule has 5 nitrogen and oxygen atoms in total. The molecule has 0 radical (unpaired) electrons.